The zero-order valence-electron chi connectivity index (χ0n) is 10.6. The Morgan fingerprint density at radius 1 is 1.33 bits per heavy atom. The third kappa shape index (κ3) is 3.51. The Morgan fingerprint density at radius 3 is 2.27 bits per heavy atom. The van der Waals surface area contributed by atoms with Crippen molar-refractivity contribution in [3.05, 3.63) is 0 Å². The van der Waals surface area contributed by atoms with Crippen LogP contribution in [0.3, 0.4) is 0 Å². The maximum Gasteiger partial charge on any atom is 0.207 e. The minimum absolute atomic E-state index is 0.336. The normalized spacial score (nSPS) is 32.4. The van der Waals surface area contributed by atoms with Crippen LogP contribution in [0.2, 0.25) is 0 Å². The van der Waals surface area contributed by atoms with Crippen LogP contribution >= 0.6 is 0 Å². The van der Waals surface area contributed by atoms with Gasteiger partial charge in [0, 0.05) is 6.54 Å². The van der Waals surface area contributed by atoms with E-state index in [0.717, 1.165) is 18.9 Å². The van der Waals surface area contributed by atoms with E-state index in [9.17, 15) is 4.79 Å². The number of carbonyl (C=O) groups is 1. The molecular formula is C13H25NO. The zero-order chi connectivity index (χ0) is 11.5. The molecule has 0 unspecified atom stereocenters. The molecule has 1 fully saturated rings. The van der Waals surface area contributed by atoms with Gasteiger partial charge in [0.15, 0.2) is 0 Å². The van der Waals surface area contributed by atoms with Crippen molar-refractivity contribution in [1.82, 2.24) is 5.32 Å². The van der Waals surface area contributed by atoms with Crippen molar-refractivity contribution in [2.75, 3.05) is 6.54 Å². The van der Waals surface area contributed by atoms with E-state index in [1.807, 2.05) is 0 Å². The van der Waals surface area contributed by atoms with Gasteiger partial charge in [-0.25, -0.2) is 0 Å². The molecule has 0 aromatic rings. The van der Waals surface area contributed by atoms with Crippen LogP contribution in [0.1, 0.15) is 53.4 Å². The summed E-state index contributed by atoms with van der Waals surface area (Å²) in [6.07, 6.45) is 5.92. The van der Waals surface area contributed by atoms with Gasteiger partial charge >= 0.3 is 0 Å². The van der Waals surface area contributed by atoms with Gasteiger partial charge in [0.2, 0.25) is 6.41 Å². The average molecular weight is 211 g/mol. The predicted octanol–water partition coefficient (Wildman–Crippen LogP) is 2.98. The molecule has 1 rings (SSSR count). The lowest BCUT2D eigenvalue weighted by Gasteiger charge is -2.42. The number of amides is 1. The molecule has 0 atom stereocenters. The second kappa shape index (κ2) is 4.54. The average Bonchev–Trinajstić information content (AvgIpc) is 2.14. The molecule has 0 heterocycles. The molecule has 2 nitrogen and oxygen atoms in total. The molecule has 0 aromatic heterocycles. The summed E-state index contributed by atoms with van der Waals surface area (Å²) in [5, 5.41) is 2.83. The molecule has 0 radical (unpaired) electrons. The van der Waals surface area contributed by atoms with Crippen molar-refractivity contribution < 1.29 is 4.79 Å². The molecule has 1 amide bonds. The second-order valence-electron chi connectivity index (χ2n) is 6.45. The van der Waals surface area contributed by atoms with Crippen molar-refractivity contribution >= 4 is 6.41 Å². The largest absolute Gasteiger partial charge is 0.358 e. The highest BCUT2D eigenvalue weighted by Gasteiger charge is 2.35. The molecule has 1 saturated carbocycles. The number of rotatable bonds is 3. The van der Waals surface area contributed by atoms with Gasteiger partial charge in [-0.1, -0.05) is 27.7 Å². The fraction of sp³-hybridized carbons (Fsp3) is 0.923. The van der Waals surface area contributed by atoms with Crippen LogP contribution in [0.25, 0.3) is 0 Å². The topological polar surface area (TPSA) is 29.1 Å². The van der Waals surface area contributed by atoms with E-state index in [1.165, 1.54) is 25.7 Å². The molecule has 0 spiro atoms. The predicted molar refractivity (Wildman–Crippen MR) is 63.6 cm³/mol. The van der Waals surface area contributed by atoms with Gasteiger partial charge in [-0.2, -0.15) is 0 Å². The first-order valence-corrected chi connectivity index (χ1v) is 6.04. The molecule has 0 aromatic carbocycles. The first-order valence-electron chi connectivity index (χ1n) is 6.04. The molecule has 15 heavy (non-hydrogen) atoms. The lowest BCUT2D eigenvalue weighted by Crippen LogP contribution is -2.37. The Kier molecular flexibility index (Phi) is 3.80. The Hall–Kier alpha value is -0.530. The number of carbonyl (C=O) groups excluding carboxylic acids is 1. The highest BCUT2D eigenvalue weighted by Crippen LogP contribution is 2.44. The molecular weight excluding hydrogens is 186 g/mol. The van der Waals surface area contributed by atoms with Crippen LogP contribution in [-0.4, -0.2) is 13.0 Å². The van der Waals surface area contributed by atoms with Gasteiger partial charge in [-0.3, -0.25) is 4.79 Å². The molecule has 1 aliphatic carbocycles. The smallest absolute Gasteiger partial charge is 0.207 e. The van der Waals surface area contributed by atoms with Gasteiger partial charge in [0.25, 0.3) is 0 Å². The third-order valence-corrected chi connectivity index (χ3v) is 4.03. The number of nitrogens with one attached hydrogen (secondary N) is 1. The van der Waals surface area contributed by atoms with Gasteiger partial charge < -0.3 is 5.32 Å². The SMILES string of the molecule is CC1(CNC=O)CCC(C(C)(C)C)CC1. The number of hydrogen-bond donors (Lipinski definition) is 1. The van der Waals surface area contributed by atoms with Crippen molar-refractivity contribution in [1.29, 1.82) is 0 Å². The minimum Gasteiger partial charge on any atom is -0.358 e. The number of hydrogen-bond acceptors (Lipinski definition) is 1. The van der Waals surface area contributed by atoms with Crippen LogP contribution in [0.4, 0.5) is 0 Å². The van der Waals surface area contributed by atoms with Crippen molar-refractivity contribution in [3.63, 3.8) is 0 Å². The summed E-state index contributed by atoms with van der Waals surface area (Å²) in [7, 11) is 0. The van der Waals surface area contributed by atoms with E-state index in [4.69, 9.17) is 0 Å². The molecule has 1 aliphatic rings. The first kappa shape index (κ1) is 12.5. The van der Waals surface area contributed by atoms with Crippen molar-refractivity contribution in [2.45, 2.75) is 53.4 Å². The molecule has 1 N–H and O–H groups in total. The Morgan fingerprint density at radius 2 is 1.87 bits per heavy atom. The molecule has 0 bridgehead atoms. The van der Waals surface area contributed by atoms with Crippen LogP contribution in [0, 0.1) is 16.7 Å². The zero-order valence-corrected chi connectivity index (χ0v) is 10.6. The van der Waals surface area contributed by atoms with Gasteiger partial charge in [0.1, 0.15) is 0 Å². The molecule has 0 aliphatic heterocycles. The third-order valence-electron chi connectivity index (χ3n) is 4.03. The molecule has 0 saturated heterocycles. The summed E-state index contributed by atoms with van der Waals surface area (Å²) in [6, 6.07) is 0. The molecule has 88 valence electrons. The Bertz CT molecular complexity index is 209. The summed E-state index contributed by atoms with van der Waals surface area (Å²) < 4.78 is 0. The lowest BCUT2D eigenvalue weighted by molar-refractivity contribution is -0.110. The highest BCUT2D eigenvalue weighted by atomic mass is 16.1. The Labute approximate surface area is 93.8 Å². The summed E-state index contributed by atoms with van der Waals surface area (Å²) in [5.41, 5.74) is 0.780. The van der Waals surface area contributed by atoms with Crippen molar-refractivity contribution in [2.24, 2.45) is 16.7 Å². The summed E-state index contributed by atoms with van der Waals surface area (Å²) in [6.45, 7) is 10.1. The van der Waals surface area contributed by atoms with E-state index in [0.29, 0.717) is 10.8 Å². The second-order valence-corrected chi connectivity index (χ2v) is 6.45. The summed E-state index contributed by atoms with van der Waals surface area (Å²) in [5.74, 6) is 0.849. The quantitative estimate of drug-likeness (QED) is 0.714. The molecule has 2 heteroatoms. The van der Waals surface area contributed by atoms with Crippen LogP contribution in [0.5, 0.6) is 0 Å². The van der Waals surface area contributed by atoms with Gasteiger partial charge in [-0.05, 0) is 42.4 Å². The summed E-state index contributed by atoms with van der Waals surface area (Å²) in [4.78, 5) is 10.3. The van der Waals surface area contributed by atoms with Crippen LogP contribution in [-0.2, 0) is 4.79 Å². The van der Waals surface area contributed by atoms with Crippen LogP contribution in [0.15, 0.2) is 0 Å². The van der Waals surface area contributed by atoms with E-state index in [2.05, 4.69) is 33.0 Å². The van der Waals surface area contributed by atoms with Crippen LogP contribution < -0.4 is 5.32 Å². The fourth-order valence-corrected chi connectivity index (χ4v) is 2.65. The lowest BCUT2D eigenvalue weighted by atomic mass is 9.65. The summed E-state index contributed by atoms with van der Waals surface area (Å²) >= 11 is 0. The Balaban J connectivity index is 2.44. The van der Waals surface area contributed by atoms with E-state index < -0.39 is 0 Å². The van der Waals surface area contributed by atoms with E-state index >= 15 is 0 Å². The van der Waals surface area contributed by atoms with E-state index in [1.54, 1.807) is 0 Å². The maximum absolute atomic E-state index is 10.3. The minimum atomic E-state index is 0.336. The fourth-order valence-electron chi connectivity index (χ4n) is 2.65. The van der Waals surface area contributed by atoms with Crippen molar-refractivity contribution in [3.8, 4) is 0 Å². The maximum atomic E-state index is 10.3. The van der Waals surface area contributed by atoms with E-state index in [-0.39, 0.29) is 0 Å². The monoisotopic (exact) mass is 211 g/mol. The standard InChI is InChI=1S/C13H25NO/c1-12(2,3)11-5-7-13(4,8-6-11)9-14-10-15/h10-11H,5-9H2,1-4H3,(H,14,15). The first-order chi connectivity index (χ1) is 6.87. The highest BCUT2D eigenvalue weighted by molar-refractivity contribution is 5.45. The van der Waals surface area contributed by atoms with Gasteiger partial charge in [-0.15, -0.1) is 0 Å². The van der Waals surface area contributed by atoms with Gasteiger partial charge in [0.05, 0.1) is 0 Å².